The molecule has 1 aromatic rings. The van der Waals surface area contributed by atoms with Crippen LogP contribution in [0.15, 0.2) is 24.3 Å². The summed E-state index contributed by atoms with van der Waals surface area (Å²) < 4.78 is 0. The van der Waals surface area contributed by atoms with Crippen LogP contribution in [0, 0.1) is 5.92 Å². The lowest BCUT2D eigenvalue weighted by atomic mass is 10.1. The summed E-state index contributed by atoms with van der Waals surface area (Å²) in [5.41, 5.74) is 2.20. The molecule has 1 heterocycles. The molecule has 1 saturated carbocycles. The number of carbonyl (C=O) groups excluding carboxylic acids is 2. The normalized spacial score (nSPS) is 22.6. The summed E-state index contributed by atoms with van der Waals surface area (Å²) in [6.07, 6.45) is 2.96. The Kier molecular flexibility index (Phi) is 3.70. The van der Waals surface area contributed by atoms with Crippen molar-refractivity contribution in [2.75, 3.05) is 18.0 Å². The van der Waals surface area contributed by atoms with Crippen LogP contribution >= 0.6 is 0 Å². The zero-order valence-electron chi connectivity index (χ0n) is 12.7. The van der Waals surface area contributed by atoms with Crippen LogP contribution in [0.1, 0.15) is 32.3 Å². The lowest BCUT2D eigenvalue weighted by Gasteiger charge is -2.39. The summed E-state index contributed by atoms with van der Waals surface area (Å²) in [7, 11) is 0. The van der Waals surface area contributed by atoms with Crippen molar-refractivity contribution in [1.82, 2.24) is 4.90 Å². The Morgan fingerprint density at radius 1 is 1.19 bits per heavy atom. The first-order chi connectivity index (χ1) is 10.1. The predicted molar refractivity (Wildman–Crippen MR) is 82.1 cm³/mol. The van der Waals surface area contributed by atoms with Crippen LogP contribution in [-0.2, 0) is 16.0 Å². The van der Waals surface area contributed by atoms with Gasteiger partial charge in [-0.25, -0.2) is 0 Å². The molecule has 2 amide bonds. The van der Waals surface area contributed by atoms with E-state index in [0.29, 0.717) is 13.1 Å². The average molecular weight is 286 g/mol. The van der Waals surface area contributed by atoms with E-state index >= 15 is 0 Å². The van der Waals surface area contributed by atoms with E-state index in [1.807, 2.05) is 19.1 Å². The molecular formula is C17H22N2O2. The first kappa shape index (κ1) is 14.1. The van der Waals surface area contributed by atoms with E-state index in [4.69, 9.17) is 0 Å². The molecule has 0 aromatic heterocycles. The van der Waals surface area contributed by atoms with Gasteiger partial charge in [0.1, 0.15) is 6.04 Å². The van der Waals surface area contributed by atoms with Gasteiger partial charge in [0.2, 0.25) is 11.8 Å². The molecule has 2 fully saturated rings. The van der Waals surface area contributed by atoms with Crippen LogP contribution in [0.25, 0.3) is 0 Å². The van der Waals surface area contributed by atoms with E-state index in [0.717, 1.165) is 24.9 Å². The van der Waals surface area contributed by atoms with Crippen LogP contribution in [0.5, 0.6) is 0 Å². The molecule has 112 valence electrons. The van der Waals surface area contributed by atoms with Crippen molar-refractivity contribution in [2.45, 2.75) is 39.2 Å². The zero-order chi connectivity index (χ0) is 15.0. The number of hydrogen-bond acceptors (Lipinski definition) is 2. The Morgan fingerprint density at radius 2 is 1.86 bits per heavy atom. The second kappa shape index (κ2) is 5.51. The summed E-state index contributed by atoms with van der Waals surface area (Å²) in [4.78, 5) is 28.3. The number of hydrogen-bond donors (Lipinski definition) is 0. The zero-order valence-corrected chi connectivity index (χ0v) is 12.7. The number of amides is 2. The van der Waals surface area contributed by atoms with Crippen LogP contribution in [0.3, 0.4) is 0 Å². The summed E-state index contributed by atoms with van der Waals surface area (Å²) >= 11 is 0. The van der Waals surface area contributed by atoms with Gasteiger partial charge in [0.15, 0.2) is 0 Å². The molecule has 2 aliphatic rings. The van der Waals surface area contributed by atoms with Gasteiger partial charge in [-0.15, -0.1) is 0 Å². The van der Waals surface area contributed by atoms with Gasteiger partial charge in [0.25, 0.3) is 0 Å². The Hall–Kier alpha value is -1.84. The monoisotopic (exact) mass is 286 g/mol. The number of rotatable bonds is 3. The van der Waals surface area contributed by atoms with Crippen molar-refractivity contribution >= 4 is 17.5 Å². The van der Waals surface area contributed by atoms with Crippen LogP contribution in [0.2, 0.25) is 0 Å². The van der Waals surface area contributed by atoms with Crippen LogP contribution in [-0.4, -0.2) is 35.8 Å². The van der Waals surface area contributed by atoms with E-state index < -0.39 is 0 Å². The molecule has 3 rings (SSSR count). The fourth-order valence-electron chi connectivity index (χ4n) is 2.90. The Morgan fingerprint density at radius 3 is 2.43 bits per heavy atom. The van der Waals surface area contributed by atoms with Gasteiger partial charge in [-0.05, 0) is 43.9 Å². The molecule has 1 saturated heterocycles. The van der Waals surface area contributed by atoms with Gasteiger partial charge in [-0.2, -0.15) is 0 Å². The molecular weight excluding hydrogens is 264 g/mol. The largest absolute Gasteiger partial charge is 0.329 e. The van der Waals surface area contributed by atoms with Gasteiger partial charge in [0, 0.05) is 24.7 Å². The minimum Gasteiger partial charge on any atom is -0.329 e. The first-order valence-corrected chi connectivity index (χ1v) is 7.82. The summed E-state index contributed by atoms with van der Waals surface area (Å²) in [6.45, 7) is 5.19. The van der Waals surface area contributed by atoms with Crippen molar-refractivity contribution in [1.29, 1.82) is 0 Å². The van der Waals surface area contributed by atoms with Crippen molar-refractivity contribution in [3.63, 3.8) is 0 Å². The first-order valence-electron chi connectivity index (χ1n) is 7.82. The van der Waals surface area contributed by atoms with E-state index in [9.17, 15) is 9.59 Å². The molecule has 0 unspecified atom stereocenters. The highest BCUT2D eigenvalue weighted by molar-refractivity contribution is 6.00. The second-order valence-corrected chi connectivity index (χ2v) is 5.99. The van der Waals surface area contributed by atoms with E-state index in [1.165, 1.54) is 5.56 Å². The minimum atomic E-state index is -0.349. The Labute approximate surface area is 125 Å². The number of piperazine rings is 1. The van der Waals surface area contributed by atoms with Crippen molar-refractivity contribution in [2.24, 2.45) is 5.92 Å². The molecule has 4 nitrogen and oxygen atoms in total. The predicted octanol–water partition coefficient (Wildman–Crippen LogP) is 2.22. The van der Waals surface area contributed by atoms with Crippen LogP contribution < -0.4 is 4.90 Å². The van der Waals surface area contributed by atoms with Crippen LogP contribution in [0.4, 0.5) is 5.69 Å². The Balaban J connectivity index is 1.74. The van der Waals surface area contributed by atoms with Gasteiger partial charge in [-0.3, -0.25) is 9.59 Å². The molecule has 21 heavy (non-hydrogen) atoms. The fraction of sp³-hybridized carbons (Fsp3) is 0.529. The molecule has 4 heteroatoms. The molecule has 1 aliphatic heterocycles. The third-order valence-electron chi connectivity index (χ3n) is 4.52. The summed E-state index contributed by atoms with van der Waals surface area (Å²) in [6, 6.07) is 7.78. The summed E-state index contributed by atoms with van der Waals surface area (Å²) in [5.74, 6) is 0.368. The van der Waals surface area contributed by atoms with Crippen molar-refractivity contribution in [3.05, 3.63) is 29.8 Å². The van der Waals surface area contributed by atoms with Crippen molar-refractivity contribution < 1.29 is 9.59 Å². The highest BCUT2D eigenvalue weighted by Gasteiger charge is 2.40. The average Bonchev–Trinajstić information content (AvgIpc) is 3.34. The highest BCUT2D eigenvalue weighted by atomic mass is 16.2. The molecule has 0 bridgehead atoms. The SMILES string of the molecule is CCc1ccc(N2CCN(C(=O)C3CC3)[C@H](C)C2=O)cc1. The third-order valence-corrected chi connectivity index (χ3v) is 4.52. The number of aryl methyl sites for hydroxylation is 1. The number of nitrogens with zero attached hydrogens (tertiary/aromatic N) is 2. The van der Waals surface area contributed by atoms with Gasteiger partial charge >= 0.3 is 0 Å². The number of benzene rings is 1. The third kappa shape index (κ3) is 2.67. The van der Waals surface area contributed by atoms with E-state index in [2.05, 4.69) is 19.1 Å². The van der Waals surface area contributed by atoms with E-state index in [-0.39, 0.29) is 23.8 Å². The quantitative estimate of drug-likeness (QED) is 0.855. The molecule has 1 atom stereocenters. The van der Waals surface area contributed by atoms with Crippen molar-refractivity contribution in [3.8, 4) is 0 Å². The maximum atomic E-state index is 12.6. The smallest absolute Gasteiger partial charge is 0.249 e. The Bertz CT molecular complexity index is 548. The number of carbonyl (C=O) groups is 2. The minimum absolute atomic E-state index is 0.0273. The van der Waals surface area contributed by atoms with Gasteiger partial charge in [0.05, 0.1) is 0 Å². The molecule has 1 aliphatic carbocycles. The molecule has 0 spiro atoms. The standard InChI is InChI=1S/C17H22N2O2/c1-3-13-4-8-15(9-5-13)19-11-10-18(12(2)16(19)20)17(21)14-6-7-14/h4-5,8-9,12,14H,3,6-7,10-11H2,1-2H3/t12-/m1/s1. The maximum Gasteiger partial charge on any atom is 0.249 e. The maximum absolute atomic E-state index is 12.6. The van der Waals surface area contributed by atoms with E-state index in [1.54, 1.807) is 9.80 Å². The molecule has 0 radical (unpaired) electrons. The topological polar surface area (TPSA) is 40.6 Å². The number of anilines is 1. The lowest BCUT2D eigenvalue weighted by Crippen LogP contribution is -2.58. The highest BCUT2D eigenvalue weighted by Crippen LogP contribution is 2.33. The van der Waals surface area contributed by atoms with Gasteiger partial charge in [-0.1, -0.05) is 19.1 Å². The summed E-state index contributed by atoms with van der Waals surface area (Å²) in [5, 5.41) is 0. The van der Waals surface area contributed by atoms with Gasteiger partial charge < -0.3 is 9.80 Å². The molecule has 1 aromatic carbocycles. The lowest BCUT2D eigenvalue weighted by molar-refractivity contribution is -0.141. The second-order valence-electron chi connectivity index (χ2n) is 5.99. The molecule has 0 N–H and O–H groups in total. The fourth-order valence-corrected chi connectivity index (χ4v) is 2.90.